The SMILES string of the molecule is CSCc1cc(Cl)nc(-c2ccc3[nH]ccc3c2)n1. The van der Waals surface area contributed by atoms with Gasteiger partial charge in [0.05, 0.1) is 5.69 Å². The van der Waals surface area contributed by atoms with Crippen molar-refractivity contribution in [3.8, 4) is 11.4 Å². The minimum absolute atomic E-state index is 0.489. The molecule has 0 aliphatic carbocycles. The molecule has 0 aliphatic rings. The van der Waals surface area contributed by atoms with Gasteiger partial charge in [-0.05, 0) is 36.6 Å². The molecular formula is C14H12ClN3S. The minimum Gasteiger partial charge on any atom is -0.361 e. The Morgan fingerprint density at radius 2 is 2.11 bits per heavy atom. The quantitative estimate of drug-likeness (QED) is 0.737. The fourth-order valence-electron chi connectivity index (χ4n) is 2.01. The van der Waals surface area contributed by atoms with Crippen LogP contribution in [0.1, 0.15) is 5.69 Å². The zero-order valence-corrected chi connectivity index (χ0v) is 11.9. The van der Waals surface area contributed by atoms with Crippen LogP contribution in [0.5, 0.6) is 0 Å². The van der Waals surface area contributed by atoms with Crippen molar-refractivity contribution in [1.82, 2.24) is 15.0 Å². The van der Waals surface area contributed by atoms with E-state index in [4.69, 9.17) is 11.6 Å². The van der Waals surface area contributed by atoms with Gasteiger partial charge in [-0.15, -0.1) is 0 Å². The molecule has 19 heavy (non-hydrogen) atoms. The van der Waals surface area contributed by atoms with Crippen LogP contribution in [0.3, 0.4) is 0 Å². The van der Waals surface area contributed by atoms with Crippen LogP contribution in [-0.2, 0) is 5.75 Å². The van der Waals surface area contributed by atoms with E-state index in [9.17, 15) is 0 Å². The zero-order valence-electron chi connectivity index (χ0n) is 10.4. The molecule has 2 heterocycles. The van der Waals surface area contributed by atoms with Crippen molar-refractivity contribution in [1.29, 1.82) is 0 Å². The Bertz CT molecular complexity index is 724. The van der Waals surface area contributed by atoms with Gasteiger partial charge in [0.25, 0.3) is 0 Å². The Morgan fingerprint density at radius 1 is 1.21 bits per heavy atom. The molecule has 3 aromatic rings. The van der Waals surface area contributed by atoms with E-state index in [0.717, 1.165) is 27.9 Å². The molecule has 0 saturated carbocycles. The fourth-order valence-corrected chi connectivity index (χ4v) is 2.66. The lowest BCUT2D eigenvalue weighted by atomic mass is 10.1. The number of H-pyrrole nitrogens is 1. The number of aromatic nitrogens is 3. The number of hydrogen-bond acceptors (Lipinski definition) is 3. The number of hydrogen-bond donors (Lipinski definition) is 1. The van der Waals surface area contributed by atoms with Gasteiger partial charge in [0.2, 0.25) is 0 Å². The maximum atomic E-state index is 6.07. The van der Waals surface area contributed by atoms with Crippen LogP contribution in [0, 0.1) is 0 Å². The van der Waals surface area contributed by atoms with Gasteiger partial charge in [-0.3, -0.25) is 0 Å². The summed E-state index contributed by atoms with van der Waals surface area (Å²) in [5.74, 6) is 1.52. The number of nitrogens with one attached hydrogen (secondary N) is 1. The third-order valence-electron chi connectivity index (χ3n) is 2.85. The highest BCUT2D eigenvalue weighted by atomic mass is 35.5. The number of thioether (sulfide) groups is 1. The van der Waals surface area contributed by atoms with E-state index in [1.807, 2.05) is 36.7 Å². The molecule has 0 fully saturated rings. The number of rotatable bonds is 3. The van der Waals surface area contributed by atoms with E-state index in [1.54, 1.807) is 11.8 Å². The molecule has 1 aromatic carbocycles. The van der Waals surface area contributed by atoms with Crippen molar-refractivity contribution in [3.05, 3.63) is 47.4 Å². The summed E-state index contributed by atoms with van der Waals surface area (Å²) in [6.45, 7) is 0. The predicted octanol–water partition coefficient (Wildman–Crippen LogP) is 4.14. The molecule has 0 bridgehead atoms. The summed E-state index contributed by atoms with van der Waals surface area (Å²) in [6.07, 6.45) is 3.97. The second kappa shape index (κ2) is 5.23. The number of halogens is 1. The second-order valence-electron chi connectivity index (χ2n) is 4.22. The highest BCUT2D eigenvalue weighted by Crippen LogP contribution is 2.23. The first-order valence-corrected chi connectivity index (χ1v) is 7.63. The van der Waals surface area contributed by atoms with Crippen LogP contribution in [0.25, 0.3) is 22.3 Å². The Morgan fingerprint density at radius 3 is 2.95 bits per heavy atom. The molecule has 3 nitrogen and oxygen atoms in total. The molecule has 0 aliphatic heterocycles. The lowest BCUT2D eigenvalue weighted by Gasteiger charge is -2.04. The van der Waals surface area contributed by atoms with E-state index in [0.29, 0.717) is 11.0 Å². The first-order chi connectivity index (χ1) is 9.26. The van der Waals surface area contributed by atoms with E-state index in [1.165, 1.54) is 0 Å². The van der Waals surface area contributed by atoms with Gasteiger partial charge in [0.1, 0.15) is 5.15 Å². The third-order valence-corrected chi connectivity index (χ3v) is 3.63. The maximum Gasteiger partial charge on any atom is 0.161 e. The molecule has 0 radical (unpaired) electrons. The van der Waals surface area contributed by atoms with E-state index >= 15 is 0 Å². The summed E-state index contributed by atoms with van der Waals surface area (Å²) in [5, 5.41) is 1.63. The van der Waals surface area contributed by atoms with Crippen LogP contribution in [0.2, 0.25) is 5.15 Å². The van der Waals surface area contributed by atoms with E-state index < -0.39 is 0 Å². The van der Waals surface area contributed by atoms with E-state index in [2.05, 4.69) is 21.0 Å². The molecule has 0 spiro atoms. The molecule has 3 rings (SSSR count). The molecular weight excluding hydrogens is 278 g/mol. The average Bonchev–Trinajstić information content (AvgIpc) is 2.85. The normalized spacial score (nSPS) is 11.1. The standard InChI is InChI=1S/C14H12ClN3S/c1-19-8-11-7-13(15)18-14(17-11)10-2-3-12-9(6-10)4-5-16-12/h2-7,16H,8H2,1H3. The molecule has 0 amide bonds. The van der Waals surface area contributed by atoms with Gasteiger partial charge in [-0.25, -0.2) is 9.97 Å². The number of fused-ring (bicyclic) bond motifs is 1. The van der Waals surface area contributed by atoms with Crippen LogP contribution < -0.4 is 0 Å². The first kappa shape index (κ1) is 12.5. The van der Waals surface area contributed by atoms with Crippen molar-refractivity contribution >= 4 is 34.3 Å². The largest absolute Gasteiger partial charge is 0.361 e. The fraction of sp³-hybridized carbons (Fsp3) is 0.143. The Labute approximate surface area is 120 Å². The summed E-state index contributed by atoms with van der Waals surface area (Å²) < 4.78 is 0. The van der Waals surface area contributed by atoms with Gasteiger partial charge in [0, 0.05) is 28.4 Å². The number of aromatic amines is 1. The smallest absolute Gasteiger partial charge is 0.161 e. The van der Waals surface area contributed by atoms with Gasteiger partial charge in [-0.2, -0.15) is 11.8 Å². The van der Waals surface area contributed by atoms with Gasteiger partial charge >= 0.3 is 0 Å². The molecule has 5 heteroatoms. The second-order valence-corrected chi connectivity index (χ2v) is 5.47. The van der Waals surface area contributed by atoms with Crippen molar-refractivity contribution < 1.29 is 0 Å². The maximum absolute atomic E-state index is 6.07. The third kappa shape index (κ3) is 2.60. The van der Waals surface area contributed by atoms with Crippen molar-refractivity contribution in [2.45, 2.75) is 5.75 Å². The predicted molar refractivity (Wildman–Crippen MR) is 81.6 cm³/mol. The zero-order chi connectivity index (χ0) is 13.2. The van der Waals surface area contributed by atoms with Gasteiger partial charge in [-0.1, -0.05) is 11.6 Å². The van der Waals surface area contributed by atoms with Crippen LogP contribution >= 0.6 is 23.4 Å². The Kier molecular flexibility index (Phi) is 3.44. The summed E-state index contributed by atoms with van der Waals surface area (Å²) in [5.41, 5.74) is 3.05. The molecule has 0 saturated heterocycles. The molecule has 1 N–H and O–H groups in total. The summed E-state index contributed by atoms with van der Waals surface area (Å²) in [7, 11) is 0. The van der Waals surface area contributed by atoms with Crippen LogP contribution in [0.4, 0.5) is 0 Å². The van der Waals surface area contributed by atoms with Crippen LogP contribution in [-0.4, -0.2) is 21.2 Å². The molecule has 96 valence electrons. The van der Waals surface area contributed by atoms with Gasteiger partial charge in [0.15, 0.2) is 5.82 Å². The van der Waals surface area contributed by atoms with Crippen molar-refractivity contribution in [2.24, 2.45) is 0 Å². The lowest BCUT2D eigenvalue weighted by Crippen LogP contribution is -1.95. The number of benzene rings is 1. The monoisotopic (exact) mass is 289 g/mol. The molecule has 0 unspecified atom stereocenters. The number of nitrogens with zero attached hydrogens (tertiary/aromatic N) is 2. The van der Waals surface area contributed by atoms with Crippen molar-refractivity contribution in [3.63, 3.8) is 0 Å². The average molecular weight is 290 g/mol. The van der Waals surface area contributed by atoms with Gasteiger partial charge < -0.3 is 4.98 Å². The minimum atomic E-state index is 0.489. The Hall–Kier alpha value is -1.52. The van der Waals surface area contributed by atoms with Crippen LogP contribution in [0.15, 0.2) is 36.5 Å². The van der Waals surface area contributed by atoms with Crippen molar-refractivity contribution in [2.75, 3.05) is 6.26 Å². The summed E-state index contributed by atoms with van der Waals surface area (Å²) >= 11 is 7.78. The van der Waals surface area contributed by atoms with E-state index in [-0.39, 0.29) is 0 Å². The summed E-state index contributed by atoms with van der Waals surface area (Å²) in [6, 6.07) is 9.96. The highest BCUT2D eigenvalue weighted by Gasteiger charge is 2.07. The molecule has 0 atom stereocenters. The topological polar surface area (TPSA) is 41.6 Å². The molecule has 2 aromatic heterocycles. The first-order valence-electron chi connectivity index (χ1n) is 5.86. The summed E-state index contributed by atoms with van der Waals surface area (Å²) in [4.78, 5) is 12.0. The Balaban J connectivity index is 2.09. The highest BCUT2D eigenvalue weighted by molar-refractivity contribution is 7.97. The lowest BCUT2D eigenvalue weighted by molar-refractivity contribution is 1.10.